The van der Waals surface area contributed by atoms with Gasteiger partial charge in [0.25, 0.3) is 0 Å². The lowest BCUT2D eigenvalue weighted by molar-refractivity contribution is -0.146. The smallest absolute Gasteiger partial charge is 0.316 e. The van der Waals surface area contributed by atoms with Gasteiger partial charge in [-0.05, 0) is 13.3 Å². The largest absolute Gasteiger partial charge is 0.468 e. The van der Waals surface area contributed by atoms with E-state index in [1.54, 1.807) is 0 Å². The molecule has 0 aliphatic heterocycles. The molecule has 3 nitrogen and oxygen atoms in total. The maximum absolute atomic E-state index is 11.2. The summed E-state index contributed by atoms with van der Waals surface area (Å²) in [6.07, 6.45) is 2.07. The van der Waals surface area contributed by atoms with Gasteiger partial charge in [0.15, 0.2) is 0 Å². The van der Waals surface area contributed by atoms with Crippen molar-refractivity contribution in [2.24, 2.45) is 11.3 Å². The zero-order valence-corrected chi connectivity index (χ0v) is 7.29. The van der Waals surface area contributed by atoms with Crippen molar-refractivity contribution in [2.45, 2.75) is 13.3 Å². The van der Waals surface area contributed by atoms with Gasteiger partial charge in [-0.25, -0.2) is 0 Å². The van der Waals surface area contributed by atoms with Crippen LogP contribution in [0.25, 0.3) is 0 Å². The van der Waals surface area contributed by atoms with E-state index in [2.05, 4.69) is 11.3 Å². The number of hydrogen-bond donors (Lipinski definition) is 0. The van der Waals surface area contributed by atoms with E-state index in [1.165, 1.54) is 20.1 Å². The molecular formula is C9H12O3. The minimum Gasteiger partial charge on any atom is -0.468 e. The first-order valence-electron chi connectivity index (χ1n) is 3.81. The fourth-order valence-electron chi connectivity index (χ4n) is 1.51. The standard InChI is InChI=1S/C9H12O3/c1-4-9(8(11)12-3)5-7(9)6(2)10/h4,7H,1,5H2,2-3H3/t7-,9+/m0/s1. The highest BCUT2D eigenvalue weighted by atomic mass is 16.5. The normalized spacial score (nSPS) is 32.3. The van der Waals surface area contributed by atoms with Crippen LogP contribution in [0.1, 0.15) is 13.3 Å². The van der Waals surface area contributed by atoms with Crippen LogP contribution in [0.4, 0.5) is 0 Å². The third-order valence-electron chi connectivity index (χ3n) is 2.42. The molecule has 2 atom stereocenters. The Morgan fingerprint density at radius 1 is 1.67 bits per heavy atom. The number of hydrogen-bond acceptors (Lipinski definition) is 3. The number of methoxy groups -OCH3 is 1. The molecule has 1 rings (SSSR count). The van der Waals surface area contributed by atoms with Crippen molar-refractivity contribution in [1.29, 1.82) is 0 Å². The van der Waals surface area contributed by atoms with E-state index in [9.17, 15) is 9.59 Å². The van der Waals surface area contributed by atoms with Crippen molar-refractivity contribution in [3.63, 3.8) is 0 Å². The highest BCUT2D eigenvalue weighted by molar-refractivity contribution is 5.94. The van der Waals surface area contributed by atoms with Gasteiger partial charge in [-0.3, -0.25) is 9.59 Å². The quantitative estimate of drug-likeness (QED) is 0.465. The first-order chi connectivity index (χ1) is 5.58. The summed E-state index contributed by atoms with van der Waals surface area (Å²) in [6, 6.07) is 0. The van der Waals surface area contributed by atoms with Crippen molar-refractivity contribution in [3.05, 3.63) is 12.7 Å². The van der Waals surface area contributed by atoms with Crippen LogP contribution in [0.15, 0.2) is 12.7 Å². The van der Waals surface area contributed by atoms with Crippen molar-refractivity contribution in [3.8, 4) is 0 Å². The number of ketones is 1. The average Bonchev–Trinajstić information content (AvgIpc) is 2.79. The molecule has 0 aromatic rings. The van der Waals surface area contributed by atoms with Gasteiger partial charge in [0.05, 0.1) is 12.5 Å². The molecule has 0 saturated heterocycles. The predicted molar refractivity (Wildman–Crippen MR) is 43.4 cm³/mol. The Morgan fingerprint density at radius 3 is 2.50 bits per heavy atom. The number of carbonyl (C=O) groups is 2. The number of carbonyl (C=O) groups excluding carboxylic acids is 2. The predicted octanol–water partition coefficient (Wildman–Crippen LogP) is 0.941. The van der Waals surface area contributed by atoms with E-state index in [-0.39, 0.29) is 17.7 Å². The highest BCUT2D eigenvalue weighted by Crippen LogP contribution is 2.54. The summed E-state index contributed by atoms with van der Waals surface area (Å²) in [5.74, 6) is -0.527. The first kappa shape index (κ1) is 8.97. The van der Waals surface area contributed by atoms with Crippen molar-refractivity contribution in [1.82, 2.24) is 0 Å². The molecule has 0 unspecified atom stereocenters. The monoisotopic (exact) mass is 168 g/mol. The van der Waals surface area contributed by atoms with Gasteiger partial charge >= 0.3 is 5.97 Å². The van der Waals surface area contributed by atoms with Crippen molar-refractivity contribution < 1.29 is 14.3 Å². The van der Waals surface area contributed by atoms with E-state index in [0.717, 1.165) is 0 Å². The molecule has 1 aliphatic rings. The average molecular weight is 168 g/mol. The van der Waals surface area contributed by atoms with E-state index in [0.29, 0.717) is 6.42 Å². The third-order valence-corrected chi connectivity index (χ3v) is 2.42. The summed E-state index contributed by atoms with van der Waals surface area (Å²) in [6.45, 7) is 5.03. The third kappa shape index (κ3) is 1.05. The van der Waals surface area contributed by atoms with Crippen LogP contribution in [0.2, 0.25) is 0 Å². The van der Waals surface area contributed by atoms with Crippen LogP contribution in [0.3, 0.4) is 0 Å². The second-order valence-corrected chi connectivity index (χ2v) is 3.10. The topological polar surface area (TPSA) is 43.4 Å². The number of Topliss-reactive ketones (excluding diaryl/α,β-unsaturated/α-hetero) is 1. The van der Waals surface area contributed by atoms with Gasteiger partial charge < -0.3 is 4.74 Å². The van der Waals surface area contributed by atoms with Crippen LogP contribution < -0.4 is 0 Å². The fraction of sp³-hybridized carbons (Fsp3) is 0.556. The lowest BCUT2D eigenvalue weighted by Crippen LogP contribution is -2.19. The van der Waals surface area contributed by atoms with E-state index in [4.69, 9.17) is 0 Å². The van der Waals surface area contributed by atoms with Crippen LogP contribution in [0, 0.1) is 11.3 Å². The minimum absolute atomic E-state index is 0.0281. The molecule has 0 spiro atoms. The fourth-order valence-corrected chi connectivity index (χ4v) is 1.51. The molecule has 1 fully saturated rings. The molecule has 1 saturated carbocycles. The van der Waals surface area contributed by atoms with Gasteiger partial charge in [-0.2, -0.15) is 0 Å². The van der Waals surface area contributed by atoms with E-state index >= 15 is 0 Å². The number of esters is 1. The Kier molecular flexibility index (Phi) is 2.04. The van der Waals surface area contributed by atoms with Crippen LogP contribution in [-0.4, -0.2) is 18.9 Å². The Labute approximate surface area is 71.4 Å². The molecular weight excluding hydrogens is 156 g/mol. The SMILES string of the molecule is C=C[C@@]1(C(=O)OC)C[C@H]1C(C)=O. The maximum Gasteiger partial charge on any atom is 0.316 e. The van der Waals surface area contributed by atoms with Gasteiger partial charge in [-0.15, -0.1) is 6.58 Å². The van der Waals surface area contributed by atoms with Gasteiger partial charge in [0, 0.05) is 5.92 Å². The lowest BCUT2D eigenvalue weighted by Gasteiger charge is -2.07. The summed E-state index contributed by atoms with van der Waals surface area (Å²) in [5.41, 5.74) is -0.708. The molecule has 1 aliphatic carbocycles. The molecule has 12 heavy (non-hydrogen) atoms. The van der Waals surface area contributed by atoms with Crippen LogP contribution in [0.5, 0.6) is 0 Å². The molecule has 0 aromatic carbocycles. The second-order valence-electron chi connectivity index (χ2n) is 3.10. The van der Waals surface area contributed by atoms with Crippen molar-refractivity contribution in [2.75, 3.05) is 7.11 Å². The summed E-state index contributed by atoms with van der Waals surface area (Å²) in [7, 11) is 1.32. The molecule has 0 bridgehead atoms. The maximum atomic E-state index is 11.2. The molecule has 0 N–H and O–H groups in total. The minimum atomic E-state index is -0.708. The zero-order valence-electron chi connectivity index (χ0n) is 7.29. The molecule has 0 heterocycles. The molecule has 0 amide bonds. The van der Waals surface area contributed by atoms with Crippen LogP contribution in [-0.2, 0) is 14.3 Å². The van der Waals surface area contributed by atoms with Crippen LogP contribution >= 0.6 is 0 Å². The Morgan fingerprint density at radius 2 is 2.25 bits per heavy atom. The zero-order chi connectivity index (χ0) is 9.35. The highest BCUT2D eigenvalue weighted by Gasteiger charge is 2.61. The second kappa shape index (κ2) is 2.73. The Hall–Kier alpha value is -1.12. The molecule has 0 radical (unpaired) electrons. The molecule has 66 valence electrons. The molecule has 3 heteroatoms. The van der Waals surface area contributed by atoms with Gasteiger partial charge in [0.2, 0.25) is 0 Å². The first-order valence-corrected chi connectivity index (χ1v) is 3.81. The molecule has 0 aromatic heterocycles. The summed E-state index contributed by atoms with van der Waals surface area (Å²) < 4.78 is 4.59. The summed E-state index contributed by atoms with van der Waals surface area (Å²) >= 11 is 0. The van der Waals surface area contributed by atoms with Gasteiger partial charge in [0.1, 0.15) is 5.78 Å². The Balaban J connectivity index is 2.78. The lowest BCUT2D eigenvalue weighted by atomic mass is 10.0. The Bertz CT molecular complexity index is 244. The number of rotatable bonds is 3. The van der Waals surface area contributed by atoms with E-state index < -0.39 is 5.41 Å². The summed E-state index contributed by atoms with van der Waals surface area (Å²) in [5, 5.41) is 0. The van der Waals surface area contributed by atoms with Gasteiger partial charge in [-0.1, -0.05) is 6.08 Å². The van der Waals surface area contributed by atoms with Crippen molar-refractivity contribution >= 4 is 11.8 Å². The summed E-state index contributed by atoms with van der Waals surface area (Å²) in [4.78, 5) is 22.1. The van der Waals surface area contributed by atoms with E-state index in [1.807, 2.05) is 0 Å². The number of ether oxygens (including phenoxy) is 1.